The molecule has 5 rings (SSSR count). The number of nitrogens with one attached hydrogen (secondary N) is 1. The Morgan fingerprint density at radius 2 is 1.90 bits per heavy atom. The number of nitrogens with zero attached hydrogens (tertiary/aromatic N) is 3. The molecule has 29 heavy (non-hydrogen) atoms. The summed E-state index contributed by atoms with van der Waals surface area (Å²) in [4.78, 5) is 16.6. The molecule has 0 saturated carbocycles. The molecule has 2 aliphatic heterocycles. The molecule has 1 saturated heterocycles. The molecule has 0 atom stereocenters. The topological polar surface area (TPSA) is 61.6 Å². The van der Waals surface area contributed by atoms with Gasteiger partial charge in [0.2, 0.25) is 5.91 Å². The Hall–Kier alpha value is -2.86. The lowest BCUT2D eigenvalue weighted by Crippen LogP contribution is -2.47. The van der Waals surface area contributed by atoms with Crippen molar-refractivity contribution in [3.05, 3.63) is 53.6 Å². The van der Waals surface area contributed by atoms with Crippen molar-refractivity contribution in [1.29, 1.82) is 0 Å². The largest absolute Gasteiger partial charge is 0.354 e. The van der Waals surface area contributed by atoms with Gasteiger partial charge < -0.3 is 14.7 Å². The number of anilines is 2. The number of carbonyl (C=O) groups excluding carboxylic acids is 1. The molecule has 6 nitrogen and oxygen atoms in total. The fourth-order valence-corrected chi connectivity index (χ4v) is 4.35. The number of aryl methyl sites for hydroxylation is 1. The lowest BCUT2D eigenvalue weighted by atomic mass is 10.0. The number of hydrogen-bond donors (Lipinski definition) is 1. The van der Waals surface area contributed by atoms with E-state index in [1.807, 2.05) is 18.2 Å². The van der Waals surface area contributed by atoms with E-state index in [0.717, 1.165) is 74.5 Å². The maximum absolute atomic E-state index is 11.7. The van der Waals surface area contributed by atoms with Crippen molar-refractivity contribution in [1.82, 2.24) is 10.1 Å². The summed E-state index contributed by atoms with van der Waals surface area (Å²) >= 11 is 0. The number of amides is 1. The number of benzene rings is 2. The van der Waals surface area contributed by atoms with Gasteiger partial charge in [-0.25, -0.2) is 0 Å². The van der Waals surface area contributed by atoms with Gasteiger partial charge in [-0.05, 0) is 48.6 Å². The third kappa shape index (κ3) is 3.85. The molecule has 1 aromatic heterocycles. The van der Waals surface area contributed by atoms with E-state index in [1.165, 1.54) is 11.1 Å². The zero-order chi connectivity index (χ0) is 19.6. The molecular formula is C23H26N4O2. The zero-order valence-electron chi connectivity index (χ0n) is 16.6. The van der Waals surface area contributed by atoms with Crippen LogP contribution in [0.5, 0.6) is 0 Å². The van der Waals surface area contributed by atoms with Crippen LogP contribution >= 0.6 is 0 Å². The smallest absolute Gasteiger partial charge is 0.224 e. The van der Waals surface area contributed by atoms with Gasteiger partial charge in [0.1, 0.15) is 0 Å². The van der Waals surface area contributed by atoms with Crippen LogP contribution in [-0.2, 0) is 17.6 Å². The van der Waals surface area contributed by atoms with Crippen molar-refractivity contribution >= 4 is 28.4 Å². The molecule has 2 aromatic carbocycles. The number of rotatable bonds is 4. The fraction of sp³-hybridized carbons (Fsp3) is 0.391. The van der Waals surface area contributed by atoms with Gasteiger partial charge in [0.05, 0.1) is 5.39 Å². The second-order valence-corrected chi connectivity index (χ2v) is 7.97. The molecule has 2 aliphatic rings. The maximum Gasteiger partial charge on any atom is 0.224 e. The normalized spacial score (nSPS) is 17.8. The summed E-state index contributed by atoms with van der Waals surface area (Å²) in [5, 5.41) is 8.41. The highest BCUT2D eigenvalue weighted by molar-refractivity contribution is 5.92. The minimum Gasteiger partial charge on any atom is -0.354 e. The lowest BCUT2D eigenvalue weighted by Gasteiger charge is -2.34. The summed E-state index contributed by atoms with van der Waals surface area (Å²) in [5.41, 5.74) is 4.47. The van der Waals surface area contributed by atoms with Crippen LogP contribution in [0.4, 0.5) is 11.5 Å². The number of carbonyl (C=O) groups is 1. The minimum atomic E-state index is 0.134. The Morgan fingerprint density at radius 1 is 1.03 bits per heavy atom. The molecule has 1 amide bonds. The Balaban J connectivity index is 1.17. The van der Waals surface area contributed by atoms with E-state index in [2.05, 4.69) is 44.5 Å². The number of fused-ring (bicyclic) bond motifs is 2. The summed E-state index contributed by atoms with van der Waals surface area (Å²) in [6.07, 6.45) is 3.57. The molecule has 0 aliphatic carbocycles. The molecule has 0 unspecified atom stereocenters. The van der Waals surface area contributed by atoms with Crippen LogP contribution in [0.3, 0.4) is 0 Å². The molecule has 150 valence electrons. The van der Waals surface area contributed by atoms with Gasteiger partial charge in [0.25, 0.3) is 0 Å². The van der Waals surface area contributed by atoms with Crippen molar-refractivity contribution < 1.29 is 9.32 Å². The average molecular weight is 390 g/mol. The Kier molecular flexibility index (Phi) is 4.94. The van der Waals surface area contributed by atoms with Crippen LogP contribution in [-0.4, -0.2) is 48.7 Å². The first-order valence-corrected chi connectivity index (χ1v) is 10.5. The van der Waals surface area contributed by atoms with E-state index in [0.29, 0.717) is 6.42 Å². The Labute approximate surface area is 170 Å². The van der Waals surface area contributed by atoms with Crippen LogP contribution in [0.1, 0.15) is 24.0 Å². The fourth-order valence-electron chi connectivity index (χ4n) is 4.35. The van der Waals surface area contributed by atoms with Gasteiger partial charge >= 0.3 is 0 Å². The second-order valence-electron chi connectivity index (χ2n) is 7.97. The first-order chi connectivity index (χ1) is 14.3. The highest BCUT2D eigenvalue weighted by Gasteiger charge is 2.21. The van der Waals surface area contributed by atoms with Crippen LogP contribution in [0, 0.1) is 0 Å². The SMILES string of the molecule is O=C1CCCc2cc(CCN3CCN(c4noc5ccccc45)CC3)ccc2N1. The van der Waals surface area contributed by atoms with Gasteiger partial charge in [-0.2, -0.15) is 0 Å². The monoisotopic (exact) mass is 390 g/mol. The van der Waals surface area contributed by atoms with E-state index >= 15 is 0 Å². The third-order valence-corrected chi connectivity index (χ3v) is 6.04. The van der Waals surface area contributed by atoms with Gasteiger partial charge in [-0.1, -0.05) is 29.4 Å². The van der Waals surface area contributed by atoms with E-state index in [-0.39, 0.29) is 5.91 Å². The van der Waals surface area contributed by atoms with E-state index in [4.69, 9.17) is 4.52 Å². The van der Waals surface area contributed by atoms with E-state index < -0.39 is 0 Å². The van der Waals surface area contributed by atoms with E-state index in [9.17, 15) is 4.79 Å². The number of aromatic nitrogens is 1. The van der Waals surface area contributed by atoms with Crippen molar-refractivity contribution in [3.8, 4) is 0 Å². The zero-order valence-corrected chi connectivity index (χ0v) is 16.6. The molecule has 1 fully saturated rings. The molecule has 0 radical (unpaired) electrons. The van der Waals surface area contributed by atoms with Crippen LogP contribution in [0.15, 0.2) is 47.0 Å². The van der Waals surface area contributed by atoms with E-state index in [1.54, 1.807) is 0 Å². The van der Waals surface area contributed by atoms with Gasteiger partial charge in [0.15, 0.2) is 11.4 Å². The summed E-state index contributed by atoms with van der Waals surface area (Å²) in [5.74, 6) is 1.10. The Bertz CT molecular complexity index is 1020. The summed E-state index contributed by atoms with van der Waals surface area (Å²) in [6.45, 7) is 5.04. The minimum absolute atomic E-state index is 0.134. The summed E-state index contributed by atoms with van der Waals surface area (Å²) in [6, 6.07) is 14.6. The number of piperazine rings is 1. The van der Waals surface area contributed by atoms with Crippen LogP contribution in [0.2, 0.25) is 0 Å². The second kappa shape index (κ2) is 7.87. The average Bonchev–Trinajstić information content (AvgIpc) is 3.09. The summed E-state index contributed by atoms with van der Waals surface area (Å²) in [7, 11) is 0. The molecule has 0 bridgehead atoms. The number of hydrogen-bond acceptors (Lipinski definition) is 5. The van der Waals surface area contributed by atoms with Crippen LogP contribution in [0.25, 0.3) is 11.0 Å². The first-order valence-electron chi connectivity index (χ1n) is 10.5. The highest BCUT2D eigenvalue weighted by atomic mass is 16.5. The molecule has 3 aromatic rings. The molecular weight excluding hydrogens is 364 g/mol. The standard InChI is InChI=1S/C23H26N4O2/c28-22-7-3-4-18-16-17(8-9-20(18)24-22)10-11-26-12-14-27(15-13-26)23-19-5-1-2-6-21(19)29-25-23/h1-2,5-6,8-9,16H,3-4,7,10-15H2,(H,24,28). The van der Waals surface area contributed by atoms with Gasteiger partial charge in [-0.15, -0.1) is 0 Å². The molecule has 3 heterocycles. The highest BCUT2D eigenvalue weighted by Crippen LogP contribution is 2.27. The first kappa shape index (κ1) is 18.2. The molecule has 1 N–H and O–H groups in total. The van der Waals surface area contributed by atoms with Crippen molar-refractivity contribution in [2.75, 3.05) is 42.9 Å². The Morgan fingerprint density at radius 3 is 2.79 bits per heavy atom. The predicted octanol–water partition coefficient (Wildman–Crippen LogP) is 3.47. The van der Waals surface area contributed by atoms with Crippen molar-refractivity contribution in [2.45, 2.75) is 25.7 Å². The van der Waals surface area contributed by atoms with Gasteiger partial charge in [0, 0.05) is 44.8 Å². The van der Waals surface area contributed by atoms with Crippen molar-refractivity contribution in [2.24, 2.45) is 0 Å². The summed E-state index contributed by atoms with van der Waals surface area (Å²) < 4.78 is 5.46. The van der Waals surface area contributed by atoms with Crippen LogP contribution < -0.4 is 10.2 Å². The number of para-hydroxylation sites is 1. The molecule has 0 spiro atoms. The van der Waals surface area contributed by atoms with Crippen molar-refractivity contribution in [3.63, 3.8) is 0 Å². The quantitative estimate of drug-likeness (QED) is 0.739. The van der Waals surface area contributed by atoms with Gasteiger partial charge in [-0.3, -0.25) is 9.69 Å². The molecule has 6 heteroatoms. The maximum atomic E-state index is 11.7. The lowest BCUT2D eigenvalue weighted by molar-refractivity contribution is -0.116. The third-order valence-electron chi connectivity index (χ3n) is 6.04. The predicted molar refractivity (Wildman–Crippen MR) is 114 cm³/mol.